The second-order valence-corrected chi connectivity index (χ2v) is 9.95. The molecule has 0 aromatic heterocycles. The number of halogens is 1. The Labute approximate surface area is 208 Å². The van der Waals surface area contributed by atoms with E-state index in [-0.39, 0.29) is 17.3 Å². The highest BCUT2D eigenvalue weighted by Gasteiger charge is 2.44. The Morgan fingerprint density at radius 3 is 2.47 bits per heavy atom. The molecule has 0 radical (unpaired) electrons. The SMILES string of the molecule is COc1ccc2c(c1)SC(c1ccccc1Cl)C1C(=N2)c2ccccc2OC1c1ccccc1. The van der Waals surface area contributed by atoms with Gasteiger partial charge in [-0.1, -0.05) is 72.3 Å². The first-order valence-corrected chi connectivity index (χ1v) is 12.5. The molecule has 2 aliphatic rings. The molecule has 5 heteroatoms. The molecule has 0 saturated heterocycles. The summed E-state index contributed by atoms with van der Waals surface area (Å²) in [4.78, 5) is 6.34. The van der Waals surface area contributed by atoms with Crippen molar-refractivity contribution in [1.29, 1.82) is 0 Å². The maximum absolute atomic E-state index is 6.80. The summed E-state index contributed by atoms with van der Waals surface area (Å²) in [5.74, 6) is 1.61. The molecule has 0 spiro atoms. The van der Waals surface area contributed by atoms with Gasteiger partial charge in [-0.15, -0.1) is 11.8 Å². The van der Waals surface area contributed by atoms with Crippen LogP contribution in [0.3, 0.4) is 0 Å². The van der Waals surface area contributed by atoms with E-state index in [2.05, 4.69) is 42.5 Å². The zero-order valence-electron chi connectivity index (χ0n) is 18.5. The van der Waals surface area contributed by atoms with Crippen LogP contribution in [0, 0.1) is 5.92 Å². The first-order chi connectivity index (χ1) is 16.7. The standard InChI is InChI=1S/C29H22ClNO2S/c1-32-19-15-16-23-25(17-19)34-29(20-11-5-7-13-22(20)30)26-27(31-23)21-12-6-8-14-24(21)33-28(26)18-9-3-2-4-10-18/h2-17,26,28-29H,1H3. The molecular weight excluding hydrogens is 462 g/mol. The zero-order chi connectivity index (χ0) is 23.1. The highest BCUT2D eigenvalue weighted by atomic mass is 35.5. The Morgan fingerprint density at radius 1 is 0.882 bits per heavy atom. The quantitative estimate of drug-likeness (QED) is 0.295. The minimum Gasteiger partial charge on any atom is -0.497 e. The molecule has 6 rings (SSSR count). The van der Waals surface area contributed by atoms with Crippen molar-refractivity contribution in [2.24, 2.45) is 10.9 Å². The molecule has 4 aromatic rings. The van der Waals surface area contributed by atoms with E-state index in [1.807, 2.05) is 54.6 Å². The topological polar surface area (TPSA) is 30.8 Å². The summed E-state index contributed by atoms with van der Waals surface area (Å²) in [6, 6.07) is 32.8. The summed E-state index contributed by atoms with van der Waals surface area (Å²) in [6.07, 6.45) is -0.208. The summed E-state index contributed by atoms with van der Waals surface area (Å²) in [5, 5.41) is 0.732. The number of ether oxygens (including phenoxy) is 2. The van der Waals surface area contributed by atoms with E-state index in [0.717, 1.165) is 49.5 Å². The van der Waals surface area contributed by atoms with Gasteiger partial charge >= 0.3 is 0 Å². The van der Waals surface area contributed by atoms with Gasteiger partial charge in [0, 0.05) is 20.7 Å². The molecule has 0 aliphatic carbocycles. The third-order valence-corrected chi connectivity index (χ3v) is 8.11. The van der Waals surface area contributed by atoms with Crippen LogP contribution in [0.4, 0.5) is 5.69 Å². The number of nitrogens with zero attached hydrogens (tertiary/aromatic N) is 1. The first kappa shape index (κ1) is 21.3. The van der Waals surface area contributed by atoms with E-state index in [1.54, 1.807) is 18.9 Å². The van der Waals surface area contributed by atoms with Gasteiger partial charge in [-0.05, 0) is 47.5 Å². The maximum atomic E-state index is 6.80. The van der Waals surface area contributed by atoms with Crippen molar-refractivity contribution in [1.82, 2.24) is 0 Å². The summed E-state index contributed by atoms with van der Waals surface area (Å²) in [5.41, 5.74) is 5.18. The molecule has 4 aromatic carbocycles. The third-order valence-electron chi connectivity index (χ3n) is 6.39. The molecule has 0 N–H and O–H groups in total. The summed E-state index contributed by atoms with van der Waals surface area (Å²) in [7, 11) is 1.69. The fourth-order valence-electron chi connectivity index (χ4n) is 4.78. The van der Waals surface area contributed by atoms with Crippen LogP contribution < -0.4 is 9.47 Å². The average molecular weight is 484 g/mol. The van der Waals surface area contributed by atoms with E-state index in [0.29, 0.717) is 0 Å². The van der Waals surface area contributed by atoms with Crippen LogP contribution >= 0.6 is 23.4 Å². The van der Waals surface area contributed by atoms with Crippen LogP contribution in [0.25, 0.3) is 0 Å². The van der Waals surface area contributed by atoms with E-state index < -0.39 is 0 Å². The molecule has 2 heterocycles. The number of fused-ring (bicyclic) bond motifs is 4. The Kier molecular flexibility index (Phi) is 5.56. The van der Waals surface area contributed by atoms with Crippen molar-refractivity contribution in [3.05, 3.63) is 119 Å². The number of benzene rings is 4. The van der Waals surface area contributed by atoms with Crippen LogP contribution in [-0.2, 0) is 0 Å². The van der Waals surface area contributed by atoms with Gasteiger partial charge in [-0.3, -0.25) is 4.99 Å². The Balaban J connectivity index is 1.63. The largest absolute Gasteiger partial charge is 0.497 e. The lowest BCUT2D eigenvalue weighted by Gasteiger charge is -2.38. The second-order valence-electron chi connectivity index (χ2n) is 8.36. The normalized spacial score (nSPS) is 20.6. The maximum Gasteiger partial charge on any atom is 0.134 e. The molecule has 34 heavy (non-hydrogen) atoms. The highest BCUT2D eigenvalue weighted by molar-refractivity contribution is 7.99. The minimum atomic E-state index is -0.208. The lowest BCUT2D eigenvalue weighted by Crippen LogP contribution is -2.35. The van der Waals surface area contributed by atoms with Gasteiger partial charge in [0.1, 0.15) is 17.6 Å². The van der Waals surface area contributed by atoms with E-state index in [4.69, 9.17) is 26.1 Å². The molecule has 0 saturated carbocycles. The van der Waals surface area contributed by atoms with E-state index >= 15 is 0 Å². The second kappa shape index (κ2) is 8.86. The monoisotopic (exact) mass is 483 g/mol. The van der Waals surface area contributed by atoms with Gasteiger partial charge in [0.2, 0.25) is 0 Å². The minimum absolute atomic E-state index is 0.0145. The molecule has 3 nitrogen and oxygen atoms in total. The number of rotatable bonds is 3. The van der Waals surface area contributed by atoms with Crippen molar-refractivity contribution in [3.63, 3.8) is 0 Å². The lowest BCUT2D eigenvalue weighted by molar-refractivity contribution is 0.156. The summed E-state index contributed by atoms with van der Waals surface area (Å²) >= 11 is 8.58. The van der Waals surface area contributed by atoms with Crippen LogP contribution in [0.5, 0.6) is 11.5 Å². The van der Waals surface area contributed by atoms with Gasteiger partial charge in [-0.2, -0.15) is 0 Å². The van der Waals surface area contributed by atoms with Gasteiger partial charge in [0.05, 0.1) is 24.4 Å². The Hall–Kier alpha value is -3.21. The predicted octanol–water partition coefficient (Wildman–Crippen LogP) is 8.07. The van der Waals surface area contributed by atoms with Crippen molar-refractivity contribution in [2.45, 2.75) is 16.2 Å². The molecule has 3 unspecified atom stereocenters. The lowest BCUT2D eigenvalue weighted by atomic mass is 9.80. The molecule has 2 aliphatic heterocycles. The average Bonchev–Trinajstić information content (AvgIpc) is 3.06. The number of aliphatic imine (C=N–C) groups is 1. The first-order valence-electron chi connectivity index (χ1n) is 11.2. The molecule has 0 amide bonds. The van der Waals surface area contributed by atoms with Gasteiger partial charge in [0.25, 0.3) is 0 Å². The van der Waals surface area contributed by atoms with Crippen LogP contribution in [0.15, 0.2) is 107 Å². The van der Waals surface area contributed by atoms with Gasteiger partial charge in [0.15, 0.2) is 0 Å². The fraction of sp³-hybridized carbons (Fsp3) is 0.138. The third kappa shape index (κ3) is 3.67. The summed E-state index contributed by atoms with van der Waals surface area (Å²) < 4.78 is 12.3. The molecule has 168 valence electrons. The number of hydrogen-bond acceptors (Lipinski definition) is 4. The van der Waals surface area contributed by atoms with E-state index in [9.17, 15) is 0 Å². The summed E-state index contributed by atoms with van der Waals surface area (Å²) in [6.45, 7) is 0. The highest BCUT2D eigenvalue weighted by Crippen LogP contribution is 2.56. The Morgan fingerprint density at radius 2 is 1.65 bits per heavy atom. The smallest absolute Gasteiger partial charge is 0.134 e. The van der Waals surface area contributed by atoms with Crippen LogP contribution in [0.1, 0.15) is 28.0 Å². The van der Waals surface area contributed by atoms with Crippen molar-refractivity contribution in [2.75, 3.05) is 7.11 Å². The number of para-hydroxylation sites is 1. The molecule has 3 atom stereocenters. The number of thioether (sulfide) groups is 1. The van der Waals surface area contributed by atoms with Crippen LogP contribution in [-0.4, -0.2) is 12.8 Å². The van der Waals surface area contributed by atoms with Crippen molar-refractivity contribution < 1.29 is 9.47 Å². The van der Waals surface area contributed by atoms with E-state index in [1.165, 1.54) is 0 Å². The van der Waals surface area contributed by atoms with Crippen molar-refractivity contribution >= 4 is 34.8 Å². The zero-order valence-corrected chi connectivity index (χ0v) is 20.1. The number of hydrogen-bond donors (Lipinski definition) is 0. The van der Waals surface area contributed by atoms with Gasteiger partial charge in [-0.25, -0.2) is 0 Å². The van der Waals surface area contributed by atoms with Crippen LogP contribution in [0.2, 0.25) is 5.02 Å². The fourth-order valence-corrected chi connectivity index (χ4v) is 6.54. The number of methoxy groups -OCH3 is 1. The Bertz CT molecular complexity index is 1390. The predicted molar refractivity (Wildman–Crippen MR) is 139 cm³/mol. The van der Waals surface area contributed by atoms with Gasteiger partial charge < -0.3 is 9.47 Å². The van der Waals surface area contributed by atoms with Crippen molar-refractivity contribution in [3.8, 4) is 11.5 Å². The molecule has 0 bridgehead atoms. The molecule has 0 fully saturated rings. The molecular formula is C29H22ClNO2S.